The van der Waals surface area contributed by atoms with Crippen molar-refractivity contribution >= 4 is 11.9 Å². The quantitative estimate of drug-likeness (QED) is 0.892. The number of aromatic nitrogens is 2. The lowest BCUT2D eigenvalue weighted by molar-refractivity contribution is -0.123. The molecule has 0 saturated carbocycles. The fourth-order valence-electron chi connectivity index (χ4n) is 3.50. The summed E-state index contributed by atoms with van der Waals surface area (Å²) in [5, 5.41) is 3.17. The van der Waals surface area contributed by atoms with Gasteiger partial charge in [0.15, 0.2) is 0 Å². The van der Waals surface area contributed by atoms with Crippen molar-refractivity contribution in [1.29, 1.82) is 0 Å². The van der Waals surface area contributed by atoms with Gasteiger partial charge in [-0.05, 0) is 12.1 Å². The smallest absolute Gasteiger partial charge is 0.234 e. The number of para-hydroxylation sites is 1. The van der Waals surface area contributed by atoms with Gasteiger partial charge in [0.2, 0.25) is 11.9 Å². The lowest BCUT2D eigenvalue weighted by atomic mass is 10.0. The Hall–Kier alpha value is -2.67. The van der Waals surface area contributed by atoms with E-state index >= 15 is 0 Å². The lowest BCUT2D eigenvalue weighted by Crippen LogP contribution is -2.50. The number of carbonyl (C=O) groups excluding carboxylic acids is 1. The molecule has 7 heteroatoms. The molecule has 0 aliphatic carbocycles. The number of nitrogens with one attached hydrogen (secondary N) is 1. The van der Waals surface area contributed by atoms with Gasteiger partial charge in [-0.3, -0.25) is 9.69 Å². The molecule has 3 heterocycles. The van der Waals surface area contributed by atoms with Crippen LogP contribution >= 0.6 is 0 Å². The topological polar surface area (TPSA) is 70.6 Å². The molecule has 2 aliphatic heterocycles. The lowest BCUT2D eigenvalue weighted by Gasteiger charge is -2.34. The van der Waals surface area contributed by atoms with E-state index in [4.69, 9.17) is 4.74 Å². The van der Waals surface area contributed by atoms with Crippen LogP contribution in [0.5, 0.6) is 5.75 Å². The summed E-state index contributed by atoms with van der Waals surface area (Å²) in [6.45, 7) is 4.38. The molecule has 1 N–H and O–H groups in total. The monoisotopic (exact) mass is 353 g/mol. The van der Waals surface area contributed by atoms with E-state index in [9.17, 15) is 4.79 Å². The first kappa shape index (κ1) is 16.8. The number of hydrogen-bond acceptors (Lipinski definition) is 6. The Labute approximate surface area is 153 Å². The Morgan fingerprint density at radius 1 is 1.12 bits per heavy atom. The molecule has 1 aromatic carbocycles. The zero-order valence-electron chi connectivity index (χ0n) is 14.7. The van der Waals surface area contributed by atoms with Gasteiger partial charge in [0.1, 0.15) is 5.75 Å². The van der Waals surface area contributed by atoms with Crippen molar-refractivity contribution < 1.29 is 9.53 Å². The Morgan fingerprint density at radius 3 is 2.69 bits per heavy atom. The molecule has 1 fully saturated rings. The van der Waals surface area contributed by atoms with Crippen molar-refractivity contribution in [2.24, 2.45) is 0 Å². The van der Waals surface area contributed by atoms with Crippen LogP contribution in [0.4, 0.5) is 5.95 Å². The van der Waals surface area contributed by atoms with Crippen molar-refractivity contribution in [3.05, 3.63) is 48.3 Å². The maximum atomic E-state index is 12.5. The van der Waals surface area contributed by atoms with Crippen molar-refractivity contribution in [3.8, 4) is 5.75 Å². The van der Waals surface area contributed by atoms with Crippen LogP contribution in [0.2, 0.25) is 0 Å². The highest BCUT2D eigenvalue weighted by molar-refractivity contribution is 5.78. The van der Waals surface area contributed by atoms with Gasteiger partial charge in [0.05, 0.1) is 19.2 Å². The van der Waals surface area contributed by atoms with E-state index in [-0.39, 0.29) is 11.9 Å². The van der Waals surface area contributed by atoms with Gasteiger partial charge in [0, 0.05) is 50.6 Å². The highest BCUT2D eigenvalue weighted by atomic mass is 16.5. The standard InChI is InChI=1S/C19H23N5O2/c25-18(22-16-6-13-26-17-5-2-1-4-15(16)17)14-23-9-11-24(12-10-23)19-20-7-3-8-21-19/h1-5,7-8,16H,6,9-14H2,(H,22,25). The average molecular weight is 353 g/mol. The van der Waals surface area contributed by atoms with Crippen LogP contribution in [0.1, 0.15) is 18.0 Å². The number of anilines is 1. The average Bonchev–Trinajstić information content (AvgIpc) is 2.69. The van der Waals surface area contributed by atoms with Crippen molar-refractivity contribution in [3.63, 3.8) is 0 Å². The number of benzene rings is 1. The molecular formula is C19H23N5O2. The minimum absolute atomic E-state index is 0.0338. The third-order valence-electron chi connectivity index (χ3n) is 4.87. The van der Waals surface area contributed by atoms with E-state index in [1.54, 1.807) is 12.4 Å². The highest BCUT2D eigenvalue weighted by Gasteiger charge is 2.25. The number of fused-ring (bicyclic) bond motifs is 1. The Morgan fingerprint density at radius 2 is 1.88 bits per heavy atom. The van der Waals surface area contributed by atoms with Crippen molar-refractivity contribution in [2.45, 2.75) is 12.5 Å². The summed E-state index contributed by atoms with van der Waals surface area (Å²) in [5.41, 5.74) is 1.07. The zero-order chi connectivity index (χ0) is 17.8. The molecule has 0 bridgehead atoms. The van der Waals surface area contributed by atoms with E-state index in [2.05, 4.69) is 25.1 Å². The molecule has 7 nitrogen and oxygen atoms in total. The van der Waals surface area contributed by atoms with Crippen LogP contribution in [-0.2, 0) is 4.79 Å². The summed E-state index contributed by atoms with van der Waals surface area (Å²) in [7, 11) is 0. The van der Waals surface area contributed by atoms with Crippen LogP contribution in [0.25, 0.3) is 0 Å². The second-order valence-electron chi connectivity index (χ2n) is 6.61. The second kappa shape index (κ2) is 7.70. The Kier molecular flexibility index (Phi) is 4.97. The molecule has 2 aromatic rings. The molecule has 1 atom stereocenters. The first-order chi connectivity index (χ1) is 12.8. The zero-order valence-corrected chi connectivity index (χ0v) is 14.7. The fraction of sp³-hybridized carbons (Fsp3) is 0.421. The number of hydrogen-bond donors (Lipinski definition) is 1. The first-order valence-corrected chi connectivity index (χ1v) is 9.05. The minimum atomic E-state index is 0.0338. The molecule has 4 rings (SSSR count). The number of piperazine rings is 1. The summed E-state index contributed by atoms with van der Waals surface area (Å²) in [5.74, 6) is 1.70. The van der Waals surface area contributed by atoms with Gasteiger partial charge in [0.25, 0.3) is 0 Å². The molecule has 1 saturated heterocycles. The first-order valence-electron chi connectivity index (χ1n) is 9.05. The normalized spacial score (nSPS) is 20.2. The van der Waals surface area contributed by atoms with Crippen molar-refractivity contribution in [1.82, 2.24) is 20.2 Å². The maximum Gasteiger partial charge on any atom is 0.234 e. The van der Waals surface area contributed by atoms with Gasteiger partial charge in [-0.15, -0.1) is 0 Å². The molecule has 0 spiro atoms. The van der Waals surface area contributed by atoms with Gasteiger partial charge >= 0.3 is 0 Å². The van der Waals surface area contributed by atoms with E-state index < -0.39 is 0 Å². The number of amides is 1. The van der Waals surface area contributed by atoms with E-state index in [1.165, 1.54) is 0 Å². The molecule has 2 aliphatic rings. The minimum Gasteiger partial charge on any atom is -0.493 e. The van der Waals surface area contributed by atoms with Crippen LogP contribution in [0, 0.1) is 0 Å². The third-order valence-corrected chi connectivity index (χ3v) is 4.87. The predicted molar refractivity (Wildman–Crippen MR) is 98.1 cm³/mol. The SMILES string of the molecule is O=C(CN1CCN(c2ncccn2)CC1)NC1CCOc2ccccc21. The number of nitrogens with zero attached hydrogens (tertiary/aromatic N) is 4. The van der Waals surface area contributed by atoms with Crippen molar-refractivity contribution in [2.75, 3.05) is 44.2 Å². The highest BCUT2D eigenvalue weighted by Crippen LogP contribution is 2.31. The van der Waals surface area contributed by atoms with Gasteiger partial charge in [-0.25, -0.2) is 9.97 Å². The summed E-state index contributed by atoms with van der Waals surface area (Å²) in [6, 6.07) is 9.78. The molecule has 26 heavy (non-hydrogen) atoms. The van der Waals surface area contributed by atoms with Gasteiger partial charge in [-0.2, -0.15) is 0 Å². The number of ether oxygens (including phenoxy) is 1. The third kappa shape index (κ3) is 3.77. The number of carbonyl (C=O) groups is 1. The van der Waals surface area contributed by atoms with Crippen LogP contribution < -0.4 is 15.0 Å². The maximum absolute atomic E-state index is 12.5. The largest absolute Gasteiger partial charge is 0.493 e. The molecule has 1 unspecified atom stereocenters. The predicted octanol–water partition coefficient (Wildman–Crippen LogP) is 1.24. The summed E-state index contributed by atoms with van der Waals surface area (Å²) < 4.78 is 5.66. The second-order valence-corrected chi connectivity index (χ2v) is 6.61. The number of rotatable bonds is 4. The van der Waals surface area contributed by atoms with E-state index in [1.807, 2.05) is 30.3 Å². The summed E-state index contributed by atoms with van der Waals surface area (Å²) in [4.78, 5) is 25.4. The van der Waals surface area contributed by atoms with Crippen LogP contribution in [-0.4, -0.2) is 60.1 Å². The Balaban J connectivity index is 1.29. The summed E-state index contributed by atoms with van der Waals surface area (Å²) in [6.07, 6.45) is 4.32. The van der Waals surface area contributed by atoms with E-state index in [0.29, 0.717) is 13.2 Å². The molecule has 1 aromatic heterocycles. The van der Waals surface area contributed by atoms with Crippen LogP contribution in [0.15, 0.2) is 42.7 Å². The summed E-state index contributed by atoms with van der Waals surface area (Å²) >= 11 is 0. The van der Waals surface area contributed by atoms with Gasteiger partial charge < -0.3 is 15.0 Å². The van der Waals surface area contributed by atoms with Crippen LogP contribution in [0.3, 0.4) is 0 Å². The van der Waals surface area contributed by atoms with E-state index in [0.717, 1.165) is 49.9 Å². The molecule has 1 amide bonds. The molecular weight excluding hydrogens is 330 g/mol. The fourth-order valence-corrected chi connectivity index (χ4v) is 3.50. The van der Waals surface area contributed by atoms with Gasteiger partial charge in [-0.1, -0.05) is 18.2 Å². The Bertz CT molecular complexity index is 747. The molecule has 0 radical (unpaired) electrons. The molecule has 136 valence electrons.